The maximum Gasteiger partial charge on any atom is 0.231 e. The molecule has 1 N–H and O–H groups in total. The fourth-order valence-corrected chi connectivity index (χ4v) is 3.74. The van der Waals surface area contributed by atoms with Crippen molar-refractivity contribution in [1.82, 2.24) is 9.47 Å². The number of hydrogen-bond acceptors (Lipinski definition) is 4. The van der Waals surface area contributed by atoms with Crippen molar-refractivity contribution in [1.29, 1.82) is 0 Å². The van der Waals surface area contributed by atoms with E-state index in [-0.39, 0.29) is 6.79 Å². The van der Waals surface area contributed by atoms with Crippen LogP contribution in [-0.2, 0) is 13.1 Å². The highest BCUT2D eigenvalue weighted by atomic mass is 35.5. The van der Waals surface area contributed by atoms with Crippen molar-refractivity contribution in [3.63, 3.8) is 0 Å². The fraction of sp³-hybridized carbons (Fsp3) is 0.273. The van der Waals surface area contributed by atoms with E-state index in [0.29, 0.717) is 24.7 Å². The Hall–Kier alpha value is -2.47. The number of ether oxygens (including phenoxy) is 2. The van der Waals surface area contributed by atoms with Crippen molar-refractivity contribution in [2.24, 2.45) is 0 Å². The zero-order valence-corrected chi connectivity index (χ0v) is 16.5. The fourth-order valence-electron chi connectivity index (χ4n) is 3.51. The zero-order valence-electron chi connectivity index (χ0n) is 15.7. The number of benzene rings is 2. The molecule has 146 valence electrons. The summed E-state index contributed by atoms with van der Waals surface area (Å²) in [7, 11) is 0. The number of nitrogens with zero attached hydrogens (tertiary/aromatic N) is 2. The van der Waals surface area contributed by atoms with Gasteiger partial charge in [0.05, 0.1) is 16.8 Å². The molecular weight excluding hydrogens is 376 g/mol. The Balaban J connectivity index is 1.56. The van der Waals surface area contributed by atoms with Crippen molar-refractivity contribution in [3.05, 3.63) is 77.1 Å². The molecule has 1 atom stereocenters. The third kappa shape index (κ3) is 4.17. The van der Waals surface area contributed by atoms with Gasteiger partial charge in [0, 0.05) is 31.5 Å². The van der Waals surface area contributed by atoms with E-state index >= 15 is 0 Å². The number of hydrogen-bond donors (Lipinski definition) is 1. The Morgan fingerprint density at radius 1 is 1.07 bits per heavy atom. The predicted molar refractivity (Wildman–Crippen MR) is 109 cm³/mol. The van der Waals surface area contributed by atoms with E-state index in [4.69, 9.17) is 21.1 Å². The van der Waals surface area contributed by atoms with Gasteiger partial charge in [-0.25, -0.2) is 0 Å². The molecule has 2 heterocycles. The van der Waals surface area contributed by atoms with Gasteiger partial charge >= 0.3 is 0 Å². The molecule has 1 aliphatic rings. The number of aliphatic hydroxyl groups excluding tert-OH is 1. The van der Waals surface area contributed by atoms with Crippen LogP contribution in [0.3, 0.4) is 0 Å². The number of rotatable bonds is 7. The van der Waals surface area contributed by atoms with Crippen molar-refractivity contribution in [2.45, 2.75) is 26.1 Å². The predicted octanol–water partition coefficient (Wildman–Crippen LogP) is 4.24. The summed E-state index contributed by atoms with van der Waals surface area (Å²) in [6, 6.07) is 17.9. The summed E-state index contributed by atoms with van der Waals surface area (Å²) in [5.74, 6) is 1.55. The lowest BCUT2D eigenvalue weighted by Crippen LogP contribution is -2.31. The standard InChI is InChI=1S/C22H23ClN2O3/c1-16(26)12-24(13-17-8-9-21-22(11-17)28-15-27-21)14-18-5-4-10-25(18)20-7-3-2-6-19(20)23/h2-11,16,26H,12-15H2,1H3/t16-/m0/s1. The van der Waals surface area contributed by atoms with Gasteiger partial charge in [-0.15, -0.1) is 0 Å². The van der Waals surface area contributed by atoms with Gasteiger partial charge in [-0.05, 0) is 48.9 Å². The first kappa shape index (κ1) is 18.9. The Bertz CT molecular complexity index is 954. The first-order valence-electron chi connectivity index (χ1n) is 9.30. The summed E-state index contributed by atoms with van der Waals surface area (Å²) < 4.78 is 13.0. The summed E-state index contributed by atoms with van der Waals surface area (Å²) in [6.07, 6.45) is 1.58. The first-order chi connectivity index (χ1) is 13.6. The van der Waals surface area contributed by atoms with E-state index in [1.54, 1.807) is 6.92 Å². The Morgan fingerprint density at radius 2 is 1.89 bits per heavy atom. The number of fused-ring (bicyclic) bond motifs is 1. The van der Waals surface area contributed by atoms with Crippen molar-refractivity contribution in [2.75, 3.05) is 13.3 Å². The summed E-state index contributed by atoms with van der Waals surface area (Å²) in [5.41, 5.74) is 3.17. The Labute approximate surface area is 169 Å². The van der Waals surface area contributed by atoms with Crippen LogP contribution in [0.5, 0.6) is 11.5 Å². The summed E-state index contributed by atoms with van der Waals surface area (Å²) >= 11 is 6.39. The van der Waals surface area contributed by atoms with Crippen molar-refractivity contribution < 1.29 is 14.6 Å². The third-order valence-electron chi connectivity index (χ3n) is 4.70. The number of halogens is 1. The maximum atomic E-state index is 10.0. The minimum absolute atomic E-state index is 0.265. The van der Waals surface area contributed by atoms with Gasteiger partial charge in [0.1, 0.15) is 0 Å². The number of aromatic nitrogens is 1. The highest BCUT2D eigenvalue weighted by molar-refractivity contribution is 6.32. The van der Waals surface area contributed by atoms with Gasteiger partial charge in [0.2, 0.25) is 6.79 Å². The molecule has 1 aliphatic heterocycles. The topological polar surface area (TPSA) is 46.9 Å². The second-order valence-corrected chi connectivity index (χ2v) is 7.43. The van der Waals surface area contributed by atoms with Crippen LogP contribution in [0.25, 0.3) is 5.69 Å². The molecule has 0 unspecified atom stereocenters. The maximum absolute atomic E-state index is 10.0. The van der Waals surface area contributed by atoms with Gasteiger partial charge in [-0.1, -0.05) is 29.8 Å². The van der Waals surface area contributed by atoms with Crippen LogP contribution in [0.2, 0.25) is 5.02 Å². The molecule has 0 spiro atoms. The molecule has 28 heavy (non-hydrogen) atoms. The van der Waals surface area contributed by atoms with Crippen LogP contribution < -0.4 is 9.47 Å². The van der Waals surface area contributed by atoms with Gasteiger partial charge in [0.15, 0.2) is 11.5 Å². The molecule has 5 nitrogen and oxygen atoms in total. The smallest absolute Gasteiger partial charge is 0.231 e. The van der Waals surface area contributed by atoms with Crippen molar-refractivity contribution >= 4 is 11.6 Å². The lowest BCUT2D eigenvalue weighted by Gasteiger charge is -2.25. The monoisotopic (exact) mass is 398 g/mol. The molecule has 1 aromatic heterocycles. The zero-order chi connectivity index (χ0) is 19.5. The lowest BCUT2D eigenvalue weighted by molar-refractivity contribution is 0.117. The molecule has 6 heteroatoms. The molecule has 2 aromatic carbocycles. The first-order valence-corrected chi connectivity index (χ1v) is 9.68. The highest BCUT2D eigenvalue weighted by Crippen LogP contribution is 2.33. The normalized spacial score (nSPS) is 13.9. The Morgan fingerprint density at radius 3 is 2.71 bits per heavy atom. The van der Waals surface area contributed by atoms with E-state index in [1.807, 2.05) is 54.7 Å². The van der Waals surface area contributed by atoms with Crippen LogP contribution in [0.4, 0.5) is 0 Å². The molecule has 0 radical (unpaired) electrons. The Kier molecular flexibility index (Phi) is 5.57. The quantitative estimate of drug-likeness (QED) is 0.646. The third-order valence-corrected chi connectivity index (χ3v) is 5.02. The van der Waals surface area contributed by atoms with E-state index in [2.05, 4.69) is 15.5 Å². The van der Waals surface area contributed by atoms with E-state index in [0.717, 1.165) is 28.4 Å². The SMILES string of the molecule is C[C@H](O)CN(Cc1ccc2c(c1)OCO2)Cc1cccn1-c1ccccc1Cl. The molecule has 0 aliphatic carbocycles. The summed E-state index contributed by atoms with van der Waals surface area (Å²) in [5, 5.41) is 10.7. The molecule has 0 amide bonds. The molecule has 0 fully saturated rings. The van der Waals surface area contributed by atoms with Gasteiger partial charge in [-0.2, -0.15) is 0 Å². The van der Waals surface area contributed by atoms with Crippen LogP contribution in [0.1, 0.15) is 18.2 Å². The minimum Gasteiger partial charge on any atom is -0.454 e. The second-order valence-electron chi connectivity index (χ2n) is 7.03. The van der Waals surface area contributed by atoms with E-state index in [1.165, 1.54) is 0 Å². The molecule has 4 rings (SSSR count). The van der Waals surface area contributed by atoms with Gasteiger partial charge in [-0.3, -0.25) is 4.90 Å². The van der Waals surface area contributed by atoms with Crippen LogP contribution in [0.15, 0.2) is 60.8 Å². The van der Waals surface area contributed by atoms with E-state index < -0.39 is 6.10 Å². The largest absolute Gasteiger partial charge is 0.454 e. The number of para-hydroxylation sites is 1. The average molecular weight is 399 g/mol. The molecule has 0 bridgehead atoms. The summed E-state index contributed by atoms with van der Waals surface area (Å²) in [6.45, 7) is 4.00. The molecule has 0 saturated heterocycles. The molecule has 3 aromatic rings. The highest BCUT2D eigenvalue weighted by Gasteiger charge is 2.17. The average Bonchev–Trinajstić information content (AvgIpc) is 3.30. The molecule has 0 saturated carbocycles. The van der Waals surface area contributed by atoms with Crippen LogP contribution in [-0.4, -0.2) is 34.0 Å². The molecular formula is C22H23ClN2O3. The van der Waals surface area contributed by atoms with Gasteiger partial charge < -0.3 is 19.1 Å². The van der Waals surface area contributed by atoms with E-state index in [9.17, 15) is 5.11 Å². The van der Waals surface area contributed by atoms with Gasteiger partial charge in [0.25, 0.3) is 0 Å². The number of aliphatic hydroxyl groups is 1. The lowest BCUT2D eigenvalue weighted by atomic mass is 10.1. The second kappa shape index (κ2) is 8.27. The van der Waals surface area contributed by atoms with Crippen LogP contribution >= 0.6 is 11.6 Å². The summed E-state index contributed by atoms with van der Waals surface area (Å²) in [4.78, 5) is 2.21. The van der Waals surface area contributed by atoms with Crippen LogP contribution in [0, 0.1) is 0 Å². The minimum atomic E-state index is -0.433. The van der Waals surface area contributed by atoms with Crippen molar-refractivity contribution in [3.8, 4) is 17.2 Å².